The second-order valence-corrected chi connectivity index (χ2v) is 4.86. The lowest BCUT2D eigenvalue weighted by Gasteiger charge is -2.37. The van der Waals surface area contributed by atoms with Crippen LogP contribution in [0.1, 0.15) is 44.9 Å². The summed E-state index contributed by atoms with van der Waals surface area (Å²) in [7, 11) is 0. The van der Waals surface area contributed by atoms with E-state index in [0.717, 1.165) is 31.8 Å². The quantitative estimate of drug-likeness (QED) is 0.695. The maximum Gasteiger partial charge on any atom is 0.0771 e. The van der Waals surface area contributed by atoms with Crippen molar-refractivity contribution < 1.29 is 5.11 Å². The van der Waals surface area contributed by atoms with Gasteiger partial charge in [-0.15, -0.1) is 0 Å². The van der Waals surface area contributed by atoms with Crippen molar-refractivity contribution in [3.05, 3.63) is 0 Å². The van der Waals surface area contributed by atoms with Gasteiger partial charge in [0.15, 0.2) is 0 Å². The van der Waals surface area contributed by atoms with Crippen molar-refractivity contribution >= 4 is 0 Å². The Morgan fingerprint density at radius 2 is 1.85 bits per heavy atom. The summed E-state index contributed by atoms with van der Waals surface area (Å²) in [6.07, 6.45) is 8.83. The summed E-state index contributed by atoms with van der Waals surface area (Å²) in [6.45, 7) is 1.95. The van der Waals surface area contributed by atoms with Gasteiger partial charge in [-0.3, -0.25) is 0 Å². The average molecular weight is 183 g/mol. The van der Waals surface area contributed by atoms with E-state index in [-0.39, 0.29) is 5.60 Å². The Morgan fingerprint density at radius 1 is 1.15 bits per heavy atom. The molecule has 13 heavy (non-hydrogen) atoms. The molecule has 0 aromatic carbocycles. The van der Waals surface area contributed by atoms with Crippen molar-refractivity contribution in [2.24, 2.45) is 5.92 Å². The van der Waals surface area contributed by atoms with Crippen LogP contribution in [0.5, 0.6) is 0 Å². The van der Waals surface area contributed by atoms with Gasteiger partial charge in [-0.1, -0.05) is 12.8 Å². The number of rotatable bonds is 4. The minimum atomic E-state index is -0.335. The highest BCUT2D eigenvalue weighted by Gasteiger charge is 2.33. The van der Waals surface area contributed by atoms with Gasteiger partial charge in [0.05, 0.1) is 5.60 Å². The van der Waals surface area contributed by atoms with Gasteiger partial charge in [-0.2, -0.15) is 0 Å². The number of hydrogen-bond acceptors (Lipinski definition) is 2. The van der Waals surface area contributed by atoms with Crippen molar-refractivity contribution in [3.8, 4) is 0 Å². The van der Waals surface area contributed by atoms with E-state index in [0.29, 0.717) is 0 Å². The molecule has 0 unspecified atom stereocenters. The predicted molar refractivity (Wildman–Crippen MR) is 53.6 cm³/mol. The highest BCUT2D eigenvalue weighted by Crippen LogP contribution is 2.31. The van der Waals surface area contributed by atoms with Gasteiger partial charge in [-0.05, 0) is 44.6 Å². The lowest BCUT2D eigenvalue weighted by atomic mass is 9.80. The monoisotopic (exact) mass is 183 g/mol. The molecule has 76 valence electrons. The average Bonchev–Trinajstić information content (AvgIpc) is 2.54. The first-order valence-electron chi connectivity index (χ1n) is 5.72. The minimum Gasteiger partial charge on any atom is -0.389 e. The highest BCUT2D eigenvalue weighted by atomic mass is 16.3. The molecular weight excluding hydrogens is 162 g/mol. The van der Waals surface area contributed by atoms with Gasteiger partial charge in [0.25, 0.3) is 0 Å². The topological polar surface area (TPSA) is 32.3 Å². The van der Waals surface area contributed by atoms with Crippen molar-refractivity contribution in [1.29, 1.82) is 0 Å². The molecule has 0 bridgehead atoms. The van der Waals surface area contributed by atoms with E-state index in [1.807, 2.05) is 0 Å². The molecule has 2 rings (SSSR count). The fraction of sp³-hybridized carbons (Fsp3) is 1.00. The van der Waals surface area contributed by atoms with Crippen molar-refractivity contribution in [1.82, 2.24) is 5.32 Å². The normalized spacial score (nSPS) is 27.5. The fourth-order valence-corrected chi connectivity index (χ4v) is 2.49. The zero-order valence-electron chi connectivity index (χ0n) is 8.39. The van der Waals surface area contributed by atoms with Crippen LogP contribution in [0.4, 0.5) is 0 Å². The summed E-state index contributed by atoms with van der Waals surface area (Å²) in [4.78, 5) is 0. The van der Waals surface area contributed by atoms with Crippen LogP contribution in [0.15, 0.2) is 0 Å². The molecule has 2 aliphatic carbocycles. The van der Waals surface area contributed by atoms with Gasteiger partial charge < -0.3 is 10.4 Å². The van der Waals surface area contributed by atoms with Gasteiger partial charge in [0.2, 0.25) is 0 Å². The van der Waals surface area contributed by atoms with Crippen LogP contribution in [-0.4, -0.2) is 23.8 Å². The Kier molecular flexibility index (Phi) is 2.89. The Morgan fingerprint density at radius 3 is 2.38 bits per heavy atom. The second-order valence-electron chi connectivity index (χ2n) is 4.86. The van der Waals surface area contributed by atoms with Crippen molar-refractivity contribution in [2.45, 2.75) is 50.5 Å². The number of nitrogens with one attached hydrogen (secondary N) is 1. The van der Waals surface area contributed by atoms with Gasteiger partial charge >= 0.3 is 0 Å². The number of aliphatic hydroxyl groups is 1. The van der Waals surface area contributed by atoms with E-state index in [2.05, 4.69) is 5.32 Å². The molecule has 0 aromatic heterocycles. The van der Waals surface area contributed by atoms with Gasteiger partial charge in [0.1, 0.15) is 0 Å². The van der Waals surface area contributed by atoms with E-state index >= 15 is 0 Å². The maximum atomic E-state index is 9.82. The van der Waals surface area contributed by atoms with Crippen molar-refractivity contribution in [3.63, 3.8) is 0 Å². The first-order chi connectivity index (χ1) is 6.29. The van der Waals surface area contributed by atoms with Crippen LogP contribution >= 0.6 is 0 Å². The molecule has 0 saturated heterocycles. The lowest BCUT2D eigenvalue weighted by molar-refractivity contribution is -0.0316. The lowest BCUT2D eigenvalue weighted by Crippen LogP contribution is -2.47. The summed E-state index contributed by atoms with van der Waals surface area (Å²) < 4.78 is 0. The third kappa shape index (κ3) is 2.44. The smallest absolute Gasteiger partial charge is 0.0771 e. The van der Waals surface area contributed by atoms with Crippen LogP contribution in [0, 0.1) is 5.92 Å². The van der Waals surface area contributed by atoms with E-state index in [1.165, 1.54) is 32.1 Å². The standard InChI is InChI=1S/C11H21NO/c13-11(6-3-7-11)9-12-8-10-4-1-2-5-10/h10,12-13H,1-9H2. The Bertz CT molecular complexity index is 159. The van der Waals surface area contributed by atoms with Gasteiger partial charge in [0, 0.05) is 6.54 Å². The van der Waals surface area contributed by atoms with Crippen LogP contribution < -0.4 is 5.32 Å². The maximum absolute atomic E-state index is 9.82. The number of hydrogen-bond donors (Lipinski definition) is 2. The highest BCUT2D eigenvalue weighted by molar-refractivity contribution is 4.89. The molecular formula is C11H21NO. The second kappa shape index (κ2) is 3.97. The Hall–Kier alpha value is -0.0800. The zero-order chi connectivity index (χ0) is 9.15. The van der Waals surface area contributed by atoms with Gasteiger partial charge in [-0.25, -0.2) is 0 Å². The molecule has 0 heterocycles. The molecule has 2 saturated carbocycles. The summed E-state index contributed by atoms with van der Waals surface area (Å²) in [6, 6.07) is 0. The van der Waals surface area contributed by atoms with E-state index < -0.39 is 0 Å². The molecule has 0 aliphatic heterocycles. The Balaban J connectivity index is 1.57. The van der Waals surface area contributed by atoms with Crippen LogP contribution in [0.2, 0.25) is 0 Å². The third-order valence-electron chi connectivity index (χ3n) is 3.65. The third-order valence-corrected chi connectivity index (χ3v) is 3.65. The summed E-state index contributed by atoms with van der Waals surface area (Å²) >= 11 is 0. The molecule has 0 radical (unpaired) electrons. The summed E-state index contributed by atoms with van der Waals surface area (Å²) in [5.41, 5.74) is -0.335. The molecule has 2 fully saturated rings. The summed E-state index contributed by atoms with van der Waals surface area (Å²) in [5.74, 6) is 0.892. The molecule has 2 nitrogen and oxygen atoms in total. The molecule has 0 amide bonds. The van der Waals surface area contributed by atoms with Crippen LogP contribution in [0.25, 0.3) is 0 Å². The molecule has 2 aliphatic rings. The Labute approximate surface area is 80.7 Å². The zero-order valence-corrected chi connectivity index (χ0v) is 8.39. The largest absolute Gasteiger partial charge is 0.389 e. The van der Waals surface area contributed by atoms with E-state index in [4.69, 9.17) is 0 Å². The molecule has 2 N–H and O–H groups in total. The van der Waals surface area contributed by atoms with Crippen LogP contribution in [0.3, 0.4) is 0 Å². The SMILES string of the molecule is OC1(CNCC2CCCC2)CCC1. The minimum absolute atomic E-state index is 0.335. The van der Waals surface area contributed by atoms with Crippen molar-refractivity contribution in [2.75, 3.05) is 13.1 Å². The van der Waals surface area contributed by atoms with E-state index in [1.54, 1.807) is 0 Å². The molecule has 0 aromatic rings. The molecule has 0 atom stereocenters. The molecule has 2 heteroatoms. The summed E-state index contributed by atoms with van der Waals surface area (Å²) in [5, 5.41) is 13.2. The van der Waals surface area contributed by atoms with E-state index in [9.17, 15) is 5.11 Å². The predicted octanol–water partition coefficient (Wildman–Crippen LogP) is 1.68. The first-order valence-corrected chi connectivity index (χ1v) is 5.72. The first kappa shape index (κ1) is 9.47. The van der Waals surface area contributed by atoms with Crippen LogP contribution in [-0.2, 0) is 0 Å². The molecule has 0 spiro atoms. The fourth-order valence-electron chi connectivity index (χ4n) is 2.49.